The molecular formula is C24H40N4O5S. The van der Waals surface area contributed by atoms with Crippen LogP contribution in [0.25, 0.3) is 0 Å². The molecule has 4 aliphatic heterocycles. The van der Waals surface area contributed by atoms with Crippen molar-refractivity contribution in [3.8, 4) is 0 Å². The minimum absolute atomic E-state index is 0.0117. The van der Waals surface area contributed by atoms with Gasteiger partial charge in [-0.05, 0) is 25.2 Å². The smallest absolute Gasteiger partial charge is 0.244 e. The Labute approximate surface area is 206 Å². The van der Waals surface area contributed by atoms with Gasteiger partial charge in [0.1, 0.15) is 6.04 Å². The summed E-state index contributed by atoms with van der Waals surface area (Å²) in [6.45, 7) is 10.6. The van der Waals surface area contributed by atoms with Gasteiger partial charge in [0.25, 0.3) is 0 Å². The Hall–Kier alpha value is -1.36. The Morgan fingerprint density at radius 2 is 1.91 bits per heavy atom. The van der Waals surface area contributed by atoms with Crippen molar-refractivity contribution < 1.29 is 24.2 Å². The first-order valence-electron chi connectivity index (χ1n) is 12.8. The fourth-order valence-corrected chi connectivity index (χ4v) is 8.50. The Morgan fingerprint density at radius 3 is 2.56 bits per heavy atom. The molecule has 192 valence electrons. The van der Waals surface area contributed by atoms with E-state index in [0.29, 0.717) is 26.3 Å². The van der Waals surface area contributed by atoms with Crippen molar-refractivity contribution >= 4 is 29.5 Å². The molecule has 0 aromatic carbocycles. The Kier molecular flexibility index (Phi) is 8.11. The zero-order valence-electron chi connectivity index (χ0n) is 20.6. The SMILES string of the molecule is CCCNC(=O)[C@@H]1[C@H]2C(=O)N([C@@H](CO)C(C)C)C(C(=O)NCCN3CCOCC3)C23CC[C@H]1S3. The summed E-state index contributed by atoms with van der Waals surface area (Å²) in [6, 6.07) is -1.13. The number of aliphatic hydroxyl groups is 1. The van der Waals surface area contributed by atoms with Gasteiger partial charge < -0.3 is 25.4 Å². The number of fused-ring (bicyclic) bond motifs is 1. The fraction of sp³-hybridized carbons (Fsp3) is 0.875. The van der Waals surface area contributed by atoms with Gasteiger partial charge in [-0.3, -0.25) is 19.3 Å². The molecule has 3 N–H and O–H groups in total. The lowest BCUT2D eigenvalue weighted by atomic mass is 9.70. The van der Waals surface area contributed by atoms with Crippen molar-refractivity contribution in [1.82, 2.24) is 20.4 Å². The zero-order valence-corrected chi connectivity index (χ0v) is 21.4. The van der Waals surface area contributed by atoms with E-state index in [-0.39, 0.29) is 35.5 Å². The molecule has 4 rings (SSSR count). The Morgan fingerprint density at radius 1 is 1.21 bits per heavy atom. The molecule has 2 bridgehead atoms. The lowest BCUT2D eigenvalue weighted by Gasteiger charge is -2.38. The van der Waals surface area contributed by atoms with E-state index < -0.39 is 28.7 Å². The van der Waals surface area contributed by atoms with Crippen LogP contribution in [-0.4, -0.2) is 107 Å². The molecule has 3 amide bonds. The molecule has 4 aliphatic rings. The van der Waals surface area contributed by atoms with Crippen LogP contribution in [0.15, 0.2) is 0 Å². The van der Waals surface area contributed by atoms with E-state index in [1.807, 2.05) is 20.8 Å². The average Bonchev–Trinajstić information content (AvgIpc) is 3.46. The summed E-state index contributed by atoms with van der Waals surface area (Å²) >= 11 is 1.67. The number of ether oxygens (including phenoxy) is 1. The Bertz CT molecular complexity index is 776. The van der Waals surface area contributed by atoms with Crippen LogP contribution in [-0.2, 0) is 19.1 Å². The van der Waals surface area contributed by atoms with E-state index in [9.17, 15) is 19.5 Å². The first-order chi connectivity index (χ1) is 16.4. The molecule has 34 heavy (non-hydrogen) atoms. The van der Waals surface area contributed by atoms with Crippen LogP contribution in [0.3, 0.4) is 0 Å². The second-order valence-corrected chi connectivity index (χ2v) is 11.9. The van der Waals surface area contributed by atoms with E-state index in [2.05, 4.69) is 15.5 Å². The van der Waals surface area contributed by atoms with E-state index in [1.54, 1.807) is 16.7 Å². The number of amides is 3. The van der Waals surface area contributed by atoms with Crippen molar-refractivity contribution in [2.24, 2.45) is 17.8 Å². The lowest BCUT2D eigenvalue weighted by molar-refractivity contribution is -0.143. The van der Waals surface area contributed by atoms with Gasteiger partial charge >= 0.3 is 0 Å². The van der Waals surface area contributed by atoms with Crippen LogP contribution in [0.2, 0.25) is 0 Å². The minimum atomic E-state index is -0.673. The molecule has 0 aromatic heterocycles. The predicted octanol–water partition coefficient (Wildman–Crippen LogP) is 0.0691. The number of carbonyl (C=O) groups is 3. The molecular weight excluding hydrogens is 456 g/mol. The largest absolute Gasteiger partial charge is 0.394 e. The van der Waals surface area contributed by atoms with Crippen LogP contribution >= 0.6 is 11.8 Å². The third-order valence-electron chi connectivity index (χ3n) is 7.98. The van der Waals surface area contributed by atoms with Crippen molar-refractivity contribution in [1.29, 1.82) is 0 Å². The van der Waals surface area contributed by atoms with Gasteiger partial charge in [0.2, 0.25) is 17.7 Å². The quantitative estimate of drug-likeness (QED) is 0.393. The van der Waals surface area contributed by atoms with E-state index >= 15 is 0 Å². The summed E-state index contributed by atoms with van der Waals surface area (Å²) in [4.78, 5) is 44.7. The zero-order chi connectivity index (χ0) is 24.5. The van der Waals surface area contributed by atoms with Crippen molar-refractivity contribution in [3.05, 3.63) is 0 Å². The molecule has 10 heteroatoms. The maximum atomic E-state index is 13.9. The fourth-order valence-electron chi connectivity index (χ4n) is 6.29. The number of thioether (sulfide) groups is 1. The van der Waals surface area contributed by atoms with Gasteiger partial charge in [0, 0.05) is 38.0 Å². The number of aliphatic hydroxyl groups excluding tert-OH is 1. The Balaban J connectivity index is 1.58. The second kappa shape index (κ2) is 10.7. The lowest BCUT2D eigenvalue weighted by Crippen LogP contribution is -2.58. The van der Waals surface area contributed by atoms with Crippen LogP contribution in [0.4, 0.5) is 0 Å². The third-order valence-corrected chi connectivity index (χ3v) is 9.94. The maximum absolute atomic E-state index is 13.9. The number of rotatable bonds is 10. The standard InChI is InChI=1S/C24H40N4O5S/c1-4-7-25-21(30)18-17-5-6-24(34-17)19(18)23(32)28(16(14-29)15(2)3)20(24)22(31)26-8-9-27-10-12-33-13-11-27/h15-20,29H,4-14H2,1-3H3,(H,25,30)(H,26,31)/t16-,17+,18-,19-,20?,24?/m0/s1. The molecule has 0 radical (unpaired) electrons. The van der Waals surface area contributed by atoms with Crippen molar-refractivity contribution in [2.45, 2.75) is 62.1 Å². The summed E-state index contributed by atoms with van der Waals surface area (Å²) in [5.41, 5.74) is 0. The number of hydrogen-bond acceptors (Lipinski definition) is 7. The van der Waals surface area contributed by atoms with E-state index in [1.165, 1.54) is 0 Å². The van der Waals surface area contributed by atoms with E-state index in [0.717, 1.165) is 38.9 Å². The molecule has 0 aromatic rings. The predicted molar refractivity (Wildman–Crippen MR) is 130 cm³/mol. The number of hydrogen-bond donors (Lipinski definition) is 3. The van der Waals surface area contributed by atoms with Gasteiger partial charge in [-0.2, -0.15) is 0 Å². The van der Waals surface area contributed by atoms with Gasteiger partial charge in [-0.25, -0.2) is 0 Å². The molecule has 4 fully saturated rings. The molecule has 0 aliphatic carbocycles. The summed E-state index contributed by atoms with van der Waals surface area (Å²) in [6.07, 6.45) is 2.40. The number of nitrogens with zero attached hydrogens (tertiary/aromatic N) is 2. The van der Waals surface area contributed by atoms with Crippen LogP contribution in [0.5, 0.6) is 0 Å². The van der Waals surface area contributed by atoms with Gasteiger partial charge in [0.15, 0.2) is 0 Å². The topological polar surface area (TPSA) is 111 Å². The number of morpholine rings is 1. The number of carbonyl (C=O) groups excluding carboxylic acids is 3. The summed E-state index contributed by atoms with van der Waals surface area (Å²) in [5.74, 6) is -1.33. The molecule has 4 saturated heterocycles. The summed E-state index contributed by atoms with van der Waals surface area (Å²) in [7, 11) is 0. The number of likely N-dealkylation sites (tertiary alicyclic amines) is 1. The first kappa shape index (κ1) is 25.7. The van der Waals surface area contributed by atoms with Crippen LogP contribution in [0, 0.1) is 17.8 Å². The molecule has 4 heterocycles. The second-order valence-electron chi connectivity index (χ2n) is 10.3. The highest BCUT2D eigenvalue weighted by molar-refractivity contribution is 8.02. The normalized spacial score (nSPS) is 33.9. The molecule has 6 atom stereocenters. The molecule has 2 unspecified atom stereocenters. The van der Waals surface area contributed by atoms with Gasteiger partial charge in [-0.15, -0.1) is 11.8 Å². The maximum Gasteiger partial charge on any atom is 0.244 e. The third kappa shape index (κ3) is 4.47. The highest BCUT2D eigenvalue weighted by atomic mass is 32.2. The van der Waals surface area contributed by atoms with Crippen LogP contribution in [0.1, 0.15) is 40.0 Å². The van der Waals surface area contributed by atoms with Crippen molar-refractivity contribution in [3.63, 3.8) is 0 Å². The van der Waals surface area contributed by atoms with E-state index in [4.69, 9.17) is 4.74 Å². The highest BCUT2D eigenvalue weighted by Gasteiger charge is 2.74. The number of nitrogens with one attached hydrogen (secondary N) is 2. The molecule has 0 saturated carbocycles. The average molecular weight is 497 g/mol. The first-order valence-corrected chi connectivity index (χ1v) is 13.7. The van der Waals surface area contributed by atoms with Crippen molar-refractivity contribution in [2.75, 3.05) is 52.5 Å². The monoisotopic (exact) mass is 496 g/mol. The molecule has 1 spiro atoms. The van der Waals surface area contributed by atoms with Crippen LogP contribution < -0.4 is 10.6 Å². The van der Waals surface area contributed by atoms with Gasteiger partial charge in [-0.1, -0.05) is 20.8 Å². The summed E-state index contributed by atoms with van der Waals surface area (Å²) in [5, 5.41) is 16.4. The summed E-state index contributed by atoms with van der Waals surface area (Å²) < 4.78 is 4.79. The van der Waals surface area contributed by atoms with Gasteiger partial charge in [0.05, 0.1) is 42.4 Å². The molecule has 9 nitrogen and oxygen atoms in total. The highest BCUT2D eigenvalue weighted by Crippen LogP contribution is 2.66. The minimum Gasteiger partial charge on any atom is -0.394 e.